The number of aliphatic hydroxyl groups is 10. The standard InChI is InChI=1S/C17H30O15/c18-1-5-8(22)14(32-16-11(25)7(21)4(20)3-28-16)12(26)17(30-5)31-13-6(2-19)29-15(27)10(24)9(13)23/h4-27H,1-3H2/t4-,5-,6-,7+,8-,9-,10-,11-,12-,13+,14+,15?,16+,17+/m1/s1. The zero-order valence-electron chi connectivity index (χ0n) is 16.7. The highest BCUT2D eigenvalue weighted by molar-refractivity contribution is 4.95. The molecule has 10 N–H and O–H groups in total. The van der Waals surface area contributed by atoms with Crippen LogP contribution in [0.2, 0.25) is 0 Å². The van der Waals surface area contributed by atoms with Gasteiger partial charge in [0.25, 0.3) is 0 Å². The molecule has 0 aromatic carbocycles. The van der Waals surface area contributed by atoms with Crippen LogP contribution < -0.4 is 0 Å². The Bertz CT molecular complexity index is 594. The summed E-state index contributed by atoms with van der Waals surface area (Å²) in [5.41, 5.74) is 0. The third kappa shape index (κ3) is 5.07. The molecule has 0 spiro atoms. The van der Waals surface area contributed by atoms with E-state index in [1.54, 1.807) is 0 Å². The molecule has 32 heavy (non-hydrogen) atoms. The van der Waals surface area contributed by atoms with Crippen LogP contribution in [0.25, 0.3) is 0 Å². The van der Waals surface area contributed by atoms with Gasteiger partial charge in [-0.15, -0.1) is 0 Å². The van der Waals surface area contributed by atoms with Gasteiger partial charge in [-0.2, -0.15) is 0 Å². The van der Waals surface area contributed by atoms with Crippen LogP contribution in [0.3, 0.4) is 0 Å². The quantitative estimate of drug-likeness (QED) is 0.172. The molecule has 0 bridgehead atoms. The second kappa shape index (κ2) is 10.8. The molecule has 15 heteroatoms. The Balaban J connectivity index is 1.75. The molecule has 0 radical (unpaired) electrons. The Labute approximate surface area is 181 Å². The number of hydrogen-bond acceptors (Lipinski definition) is 15. The average molecular weight is 474 g/mol. The van der Waals surface area contributed by atoms with Gasteiger partial charge in [0.1, 0.15) is 67.1 Å². The van der Waals surface area contributed by atoms with Gasteiger partial charge in [-0.05, 0) is 0 Å². The first-order valence-electron chi connectivity index (χ1n) is 10.00. The zero-order chi connectivity index (χ0) is 23.7. The highest BCUT2D eigenvalue weighted by Gasteiger charge is 2.52. The van der Waals surface area contributed by atoms with Gasteiger partial charge in [0.2, 0.25) is 0 Å². The monoisotopic (exact) mass is 474 g/mol. The van der Waals surface area contributed by atoms with Crippen molar-refractivity contribution in [2.75, 3.05) is 19.8 Å². The van der Waals surface area contributed by atoms with Crippen molar-refractivity contribution in [1.29, 1.82) is 0 Å². The summed E-state index contributed by atoms with van der Waals surface area (Å²) >= 11 is 0. The fourth-order valence-electron chi connectivity index (χ4n) is 3.77. The summed E-state index contributed by atoms with van der Waals surface area (Å²) in [5, 5.41) is 99.1. The van der Waals surface area contributed by atoms with Crippen molar-refractivity contribution < 1.29 is 74.7 Å². The van der Waals surface area contributed by atoms with Crippen LogP contribution in [0, 0.1) is 0 Å². The van der Waals surface area contributed by atoms with E-state index < -0.39 is 106 Å². The van der Waals surface area contributed by atoms with Gasteiger partial charge >= 0.3 is 0 Å². The minimum atomic E-state index is -1.83. The molecular weight excluding hydrogens is 444 g/mol. The molecule has 3 heterocycles. The molecule has 3 saturated heterocycles. The van der Waals surface area contributed by atoms with E-state index in [1.807, 2.05) is 0 Å². The first-order chi connectivity index (χ1) is 15.1. The van der Waals surface area contributed by atoms with Crippen LogP contribution in [-0.2, 0) is 23.7 Å². The van der Waals surface area contributed by atoms with Gasteiger partial charge in [-0.1, -0.05) is 0 Å². The molecule has 0 aromatic heterocycles. The molecule has 0 amide bonds. The Hall–Kier alpha value is -0.600. The first-order valence-corrected chi connectivity index (χ1v) is 10.00. The molecule has 0 saturated carbocycles. The van der Waals surface area contributed by atoms with Gasteiger partial charge in [0.05, 0.1) is 19.8 Å². The second-order valence-electron chi connectivity index (χ2n) is 7.89. The summed E-state index contributed by atoms with van der Waals surface area (Å²) < 4.78 is 26.3. The SMILES string of the molecule is OC[C@H]1O[C@@H](O[C@@H]2[C@H](O)[C@@H](O)C(O)O[C@@H]2CO)[C@H](O)[C@@H](O[C@@H]2OC[C@@H](O)[C@H](O)[C@H]2O)[C@@H]1O. The van der Waals surface area contributed by atoms with Crippen molar-refractivity contribution in [2.24, 2.45) is 0 Å². The molecular formula is C17H30O15. The van der Waals surface area contributed by atoms with Crippen molar-refractivity contribution in [2.45, 2.75) is 86.0 Å². The topological polar surface area (TPSA) is 248 Å². The van der Waals surface area contributed by atoms with Gasteiger partial charge in [-0.25, -0.2) is 0 Å². The molecule has 1 unspecified atom stereocenters. The van der Waals surface area contributed by atoms with Crippen molar-refractivity contribution in [3.8, 4) is 0 Å². The summed E-state index contributed by atoms with van der Waals surface area (Å²) in [6, 6.07) is 0. The van der Waals surface area contributed by atoms with Crippen molar-refractivity contribution >= 4 is 0 Å². The largest absolute Gasteiger partial charge is 0.394 e. The lowest BCUT2D eigenvalue weighted by atomic mass is 9.96. The fraction of sp³-hybridized carbons (Fsp3) is 1.00. The maximum atomic E-state index is 10.7. The van der Waals surface area contributed by atoms with Crippen LogP contribution >= 0.6 is 0 Å². The van der Waals surface area contributed by atoms with Gasteiger partial charge < -0.3 is 74.7 Å². The van der Waals surface area contributed by atoms with E-state index in [0.29, 0.717) is 0 Å². The van der Waals surface area contributed by atoms with Gasteiger partial charge in [-0.3, -0.25) is 0 Å². The predicted molar refractivity (Wildman–Crippen MR) is 95.2 cm³/mol. The maximum Gasteiger partial charge on any atom is 0.187 e. The lowest BCUT2D eigenvalue weighted by Gasteiger charge is -2.47. The number of aliphatic hydroxyl groups excluding tert-OH is 10. The molecule has 3 aliphatic rings. The summed E-state index contributed by atoms with van der Waals surface area (Å²) in [7, 11) is 0. The van der Waals surface area contributed by atoms with E-state index in [-0.39, 0.29) is 0 Å². The molecule has 0 aliphatic carbocycles. The molecule has 3 aliphatic heterocycles. The second-order valence-corrected chi connectivity index (χ2v) is 7.89. The molecule has 15 nitrogen and oxygen atoms in total. The van der Waals surface area contributed by atoms with E-state index in [1.165, 1.54) is 0 Å². The minimum Gasteiger partial charge on any atom is -0.394 e. The normalized spacial score (nSPS) is 52.7. The summed E-state index contributed by atoms with van der Waals surface area (Å²) in [5.74, 6) is 0. The van der Waals surface area contributed by atoms with Gasteiger partial charge in [0.15, 0.2) is 18.9 Å². The average Bonchev–Trinajstić information content (AvgIpc) is 2.78. The van der Waals surface area contributed by atoms with Crippen LogP contribution in [0.5, 0.6) is 0 Å². The van der Waals surface area contributed by atoms with Crippen molar-refractivity contribution in [3.63, 3.8) is 0 Å². The molecule has 3 rings (SSSR count). The van der Waals surface area contributed by atoms with Crippen molar-refractivity contribution in [1.82, 2.24) is 0 Å². The van der Waals surface area contributed by atoms with Crippen LogP contribution in [-0.4, -0.2) is 157 Å². The Morgan fingerprint density at radius 3 is 1.84 bits per heavy atom. The van der Waals surface area contributed by atoms with E-state index in [9.17, 15) is 51.1 Å². The lowest BCUT2D eigenvalue weighted by molar-refractivity contribution is -0.373. The molecule has 3 fully saturated rings. The minimum absolute atomic E-state index is 0.411. The highest BCUT2D eigenvalue weighted by atomic mass is 16.7. The lowest BCUT2D eigenvalue weighted by Crippen LogP contribution is -2.66. The van der Waals surface area contributed by atoms with E-state index in [0.717, 1.165) is 0 Å². The number of rotatable bonds is 6. The number of hydrogen-bond donors (Lipinski definition) is 10. The highest BCUT2D eigenvalue weighted by Crippen LogP contribution is 2.31. The van der Waals surface area contributed by atoms with Crippen LogP contribution in [0.15, 0.2) is 0 Å². The van der Waals surface area contributed by atoms with E-state index in [2.05, 4.69) is 0 Å². The fourth-order valence-corrected chi connectivity index (χ4v) is 3.77. The predicted octanol–water partition coefficient (Wildman–Crippen LogP) is -6.93. The summed E-state index contributed by atoms with van der Waals surface area (Å²) in [6.45, 7) is -1.92. The summed E-state index contributed by atoms with van der Waals surface area (Å²) in [4.78, 5) is 0. The smallest absolute Gasteiger partial charge is 0.187 e. The summed E-state index contributed by atoms with van der Waals surface area (Å²) in [6.07, 6.45) is -22.8. The Morgan fingerprint density at radius 2 is 1.22 bits per heavy atom. The van der Waals surface area contributed by atoms with Crippen LogP contribution in [0.1, 0.15) is 0 Å². The number of ether oxygens (including phenoxy) is 5. The van der Waals surface area contributed by atoms with Crippen LogP contribution in [0.4, 0.5) is 0 Å². The third-order valence-corrected chi connectivity index (χ3v) is 5.70. The van der Waals surface area contributed by atoms with Crippen molar-refractivity contribution in [3.05, 3.63) is 0 Å². The molecule has 14 atom stereocenters. The molecule has 0 aromatic rings. The van der Waals surface area contributed by atoms with E-state index in [4.69, 9.17) is 23.7 Å². The zero-order valence-corrected chi connectivity index (χ0v) is 16.7. The Morgan fingerprint density at radius 1 is 0.594 bits per heavy atom. The Kier molecular flexibility index (Phi) is 8.75. The third-order valence-electron chi connectivity index (χ3n) is 5.70. The molecule has 188 valence electrons. The maximum absolute atomic E-state index is 10.7. The van der Waals surface area contributed by atoms with Gasteiger partial charge in [0, 0.05) is 0 Å². The first kappa shape index (κ1) is 26.0. The van der Waals surface area contributed by atoms with E-state index >= 15 is 0 Å².